The molecule has 1 saturated carbocycles. The molecule has 1 aromatic rings. The lowest BCUT2D eigenvalue weighted by atomic mass is 9.83. The van der Waals surface area contributed by atoms with E-state index < -0.39 is 0 Å². The van der Waals surface area contributed by atoms with Gasteiger partial charge < -0.3 is 15.2 Å². The van der Waals surface area contributed by atoms with E-state index in [0.29, 0.717) is 19.1 Å². The van der Waals surface area contributed by atoms with E-state index >= 15 is 0 Å². The number of benzene rings is 1. The molecule has 1 aliphatic rings. The van der Waals surface area contributed by atoms with Crippen LogP contribution in [0.3, 0.4) is 0 Å². The van der Waals surface area contributed by atoms with E-state index in [4.69, 9.17) is 15.2 Å². The molecule has 0 saturated heterocycles. The highest BCUT2D eigenvalue weighted by molar-refractivity contribution is 5.58. The van der Waals surface area contributed by atoms with Crippen LogP contribution in [0, 0.1) is 5.92 Å². The second-order valence-electron chi connectivity index (χ2n) is 5.60. The summed E-state index contributed by atoms with van der Waals surface area (Å²) >= 11 is 0. The van der Waals surface area contributed by atoms with Crippen molar-refractivity contribution in [2.75, 3.05) is 20.3 Å². The normalized spacial score (nSPS) is 16.8. The van der Waals surface area contributed by atoms with Crippen LogP contribution in [0.25, 0.3) is 6.08 Å². The molecule has 21 heavy (non-hydrogen) atoms. The quantitative estimate of drug-likeness (QED) is 0.860. The van der Waals surface area contributed by atoms with Crippen molar-refractivity contribution >= 4 is 6.08 Å². The summed E-state index contributed by atoms with van der Waals surface area (Å²) in [5, 5.41) is 0. The highest BCUT2D eigenvalue weighted by Crippen LogP contribution is 2.32. The Balaban J connectivity index is 2.20. The highest BCUT2D eigenvalue weighted by atomic mass is 16.5. The van der Waals surface area contributed by atoms with Crippen molar-refractivity contribution in [1.29, 1.82) is 0 Å². The molecule has 3 heteroatoms. The predicted octanol–water partition coefficient (Wildman–Crippen LogP) is 4.02. The Bertz CT molecular complexity index is 476. The molecule has 2 rings (SSSR count). The first-order chi connectivity index (χ1) is 10.3. The molecule has 1 aliphatic carbocycles. The van der Waals surface area contributed by atoms with Gasteiger partial charge in [-0.05, 0) is 43.4 Å². The van der Waals surface area contributed by atoms with Gasteiger partial charge >= 0.3 is 0 Å². The standard InChI is InChI=1S/C18H27NO2/c1-3-21-17-10-9-14(12-18(17)20-2)11-16(13-19)15-7-5-4-6-8-15/h9-12,15H,3-8,13,19H2,1-2H3/b16-11-. The topological polar surface area (TPSA) is 44.5 Å². The van der Waals surface area contributed by atoms with E-state index in [1.54, 1.807) is 7.11 Å². The van der Waals surface area contributed by atoms with Crippen molar-refractivity contribution in [3.05, 3.63) is 29.3 Å². The van der Waals surface area contributed by atoms with Crippen LogP contribution < -0.4 is 15.2 Å². The number of hydrogen-bond donors (Lipinski definition) is 1. The first-order valence-electron chi connectivity index (χ1n) is 7.99. The van der Waals surface area contributed by atoms with Gasteiger partial charge in [0.15, 0.2) is 11.5 Å². The molecule has 0 amide bonds. The van der Waals surface area contributed by atoms with Crippen LogP contribution in [0.15, 0.2) is 23.8 Å². The first-order valence-corrected chi connectivity index (χ1v) is 7.99. The van der Waals surface area contributed by atoms with Crippen molar-refractivity contribution in [3.63, 3.8) is 0 Å². The number of ether oxygens (including phenoxy) is 2. The van der Waals surface area contributed by atoms with Gasteiger partial charge in [0.1, 0.15) is 0 Å². The molecule has 116 valence electrons. The van der Waals surface area contributed by atoms with Crippen LogP contribution in [-0.4, -0.2) is 20.3 Å². The minimum absolute atomic E-state index is 0.639. The fraction of sp³-hybridized carbons (Fsp3) is 0.556. The predicted molar refractivity (Wildman–Crippen MR) is 87.8 cm³/mol. The molecule has 1 fully saturated rings. The van der Waals surface area contributed by atoms with Gasteiger partial charge in [0.05, 0.1) is 13.7 Å². The smallest absolute Gasteiger partial charge is 0.161 e. The maximum Gasteiger partial charge on any atom is 0.161 e. The van der Waals surface area contributed by atoms with Gasteiger partial charge in [-0.1, -0.05) is 37.0 Å². The molecule has 0 heterocycles. The fourth-order valence-corrected chi connectivity index (χ4v) is 3.08. The average Bonchev–Trinajstić information content (AvgIpc) is 2.54. The SMILES string of the molecule is CCOc1ccc(/C=C(/CN)C2CCCCC2)cc1OC. The van der Waals surface area contributed by atoms with E-state index in [9.17, 15) is 0 Å². The number of nitrogens with two attached hydrogens (primary N) is 1. The Kier molecular flexibility index (Phi) is 6.12. The van der Waals surface area contributed by atoms with Crippen LogP contribution in [0.4, 0.5) is 0 Å². The Morgan fingerprint density at radius 2 is 2.00 bits per heavy atom. The molecule has 1 aromatic carbocycles. The molecule has 0 bridgehead atoms. The maximum absolute atomic E-state index is 5.98. The highest BCUT2D eigenvalue weighted by Gasteiger charge is 2.17. The summed E-state index contributed by atoms with van der Waals surface area (Å²) in [6.45, 7) is 3.25. The number of rotatable bonds is 6. The second kappa shape index (κ2) is 8.08. The van der Waals surface area contributed by atoms with Crippen LogP contribution in [-0.2, 0) is 0 Å². The third kappa shape index (κ3) is 4.24. The minimum Gasteiger partial charge on any atom is -0.493 e. The van der Waals surface area contributed by atoms with Gasteiger partial charge in [0, 0.05) is 6.54 Å². The zero-order valence-electron chi connectivity index (χ0n) is 13.2. The summed E-state index contributed by atoms with van der Waals surface area (Å²) in [4.78, 5) is 0. The molecule has 0 aromatic heterocycles. The molecule has 0 atom stereocenters. The van der Waals surface area contributed by atoms with Crippen molar-refractivity contribution in [3.8, 4) is 11.5 Å². The van der Waals surface area contributed by atoms with Crippen molar-refractivity contribution in [2.45, 2.75) is 39.0 Å². The minimum atomic E-state index is 0.639. The van der Waals surface area contributed by atoms with E-state index in [-0.39, 0.29) is 0 Å². The lowest BCUT2D eigenvalue weighted by Crippen LogP contribution is -2.16. The fourth-order valence-electron chi connectivity index (χ4n) is 3.08. The van der Waals surface area contributed by atoms with E-state index in [0.717, 1.165) is 17.1 Å². The largest absolute Gasteiger partial charge is 0.493 e. The van der Waals surface area contributed by atoms with Crippen LogP contribution in [0.2, 0.25) is 0 Å². The summed E-state index contributed by atoms with van der Waals surface area (Å²) < 4.78 is 11.0. The zero-order chi connectivity index (χ0) is 15.1. The summed E-state index contributed by atoms with van der Waals surface area (Å²) in [5.41, 5.74) is 8.48. The van der Waals surface area contributed by atoms with Crippen molar-refractivity contribution in [1.82, 2.24) is 0 Å². The maximum atomic E-state index is 5.98. The summed E-state index contributed by atoms with van der Waals surface area (Å²) in [6, 6.07) is 6.08. The molecule has 0 radical (unpaired) electrons. The average molecular weight is 289 g/mol. The van der Waals surface area contributed by atoms with Crippen molar-refractivity contribution in [2.24, 2.45) is 11.7 Å². The summed E-state index contributed by atoms with van der Waals surface area (Å²) in [5.74, 6) is 2.23. The van der Waals surface area contributed by atoms with Crippen LogP contribution in [0.1, 0.15) is 44.6 Å². The molecular weight excluding hydrogens is 262 g/mol. The van der Waals surface area contributed by atoms with E-state index in [1.165, 1.54) is 37.7 Å². The first kappa shape index (κ1) is 15.9. The van der Waals surface area contributed by atoms with Gasteiger partial charge in [-0.2, -0.15) is 0 Å². The lowest BCUT2D eigenvalue weighted by Gasteiger charge is -2.24. The monoisotopic (exact) mass is 289 g/mol. The Morgan fingerprint density at radius 3 is 2.62 bits per heavy atom. The number of hydrogen-bond acceptors (Lipinski definition) is 3. The van der Waals surface area contributed by atoms with Gasteiger partial charge in [0.2, 0.25) is 0 Å². The number of methoxy groups -OCH3 is 1. The Morgan fingerprint density at radius 1 is 1.24 bits per heavy atom. The summed E-state index contributed by atoms with van der Waals surface area (Å²) in [7, 11) is 1.68. The Labute approximate surface area is 128 Å². The third-order valence-corrected chi connectivity index (χ3v) is 4.20. The van der Waals surface area contributed by atoms with E-state index in [1.807, 2.05) is 19.1 Å². The zero-order valence-corrected chi connectivity index (χ0v) is 13.2. The molecule has 0 aliphatic heterocycles. The molecule has 3 nitrogen and oxygen atoms in total. The molecule has 0 spiro atoms. The third-order valence-electron chi connectivity index (χ3n) is 4.20. The van der Waals surface area contributed by atoms with Gasteiger partial charge in [-0.15, -0.1) is 0 Å². The lowest BCUT2D eigenvalue weighted by molar-refractivity contribution is 0.311. The Hall–Kier alpha value is -1.48. The van der Waals surface area contributed by atoms with Crippen LogP contribution in [0.5, 0.6) is 11.5 Å². The van der Waals surface area contributed by atoms with Gasteiger partial charge in [0.25, 0.3) is 0 Å². The van der Waals surface area contributed by atoms with Crippen molar-refractivity contribution < 1.29 is 9.47 Å². The van der Waals surface area contributed by atoms with Crippen LogP contribution >= 0.6 is 0 Å². The second-order valence-corrected chi connectivity index (χ2v) is 5.60. The van der Waals surface area contributed by atoms with Gasteiger partial charge in [-0.3, -0.25) is 0 Å². The molecule has 0 unspecified atom stereocenters. The van der Waals surface area contributed by atoms with E-state index in [2.05, 4.69) is 12.1 Å². The molecular formula is C18H27NO2. The molecule has 2 N–H and O–H groups in total. The van der Waals surface area contributed by atoms with Gasteiger partial charge in [-0.25, -0.2) is 0 Å². The summed E-state index contributed by atoms with van der Waals surface area (Å²) in [6.07, 6.45) is 8.80.